The van der Waals surface area contributed by atoms with Gasteiger partial charge >= 0.3 is 5.97 Å². The van der Waals surface area contributed by atoms with E-state index in [0.717, 1.165) is 34.4 Å². The zero-order chi connectivity index (χ0) is 22.1. The summed E-state index contributed by atoms with van der Waals surface area (Å²) < 4.78 is 11.4. The molecule has 8 heteroatoms. The monoisotopic (exact) mass is 491 g/mol. The number of rotatable bonds is 9. The standard InChI is InChI=1S/C23H28BrN3O4/c1-2-31-22(29)15-25-23(17-6-4-3-5-7-17)19-14-18(24)8-9-20(19)26-21(28)16-27-10-12-30-13-11-27/h3-9,14,23,25H,2,10-13,15-16H2,1H3,(H,26,28)/p+2/t23-/m0/s1. The summed E-state index contributed by atoms with van der Waals surface area (Å²) in [4.78, 5) is 26.0. The Morgan fingerprint density at radius 3 is 2.65 bits per heavy atom. The molecule has 1 aliphatic heterocycles. The van der Waals surface area contributed by atoms with Gasteiger partial charge in [0.15, 0.2) is 13.1 Å². The third-order valence-electron chi connectivity index (χ3n) is 5.22. The first-order chi connectivity index (χ1) is 15.1. The maximum absolute atomic E-state index is 12.8. The molecule has 0 spiro atoms. The number of nitrogens with one attached hydrogen (secondary N) is 2. The highest BCUT2D eigenvalue weighted by molar-refractivity contribution is 9.10. The maximum atomic E-state index is 12.8. The molecule has 1 atom stereocenters. The van der Waals surface area contributed by atoms with Gasteiger partial charge in [0.1, 0.15) is 19.1 Å². The van der Waals surface area contributed by atoms with E-state index in [0.29, 0.717) is 26.4 Å². The Bertz CT molecular complexity index is 872. The molecule has 0 saturated carbocycles. The lowest BCUT2D eigenvalue weighted by molar-refractivity contribution is -0.899. The lowest BCUT2D eigenvalue weighted by Gasteiger charge is -2.24. The first-order valence-corrected chi connectivity index (χ1v) is 11.4. The maximum Gasteiger partial charge on any atom is 0.361 e. The molecule has 0 radical (unpaired) electrons. The van der Waals surface area contributed by atoms with E-state index in [1.807, 2.05) is 53.8 Å². The van der Waals surface area contributed by atoms with Crippen LogP contribution in [-0.2, 0) is 19.1 Å². The Morgan fingerprint density at radius 1 is 1.19 bits per heavy atom. The minimum Gasteiger partial charge on any atom is -0.462 e. The number of morpholine rings is 1. The third kappa shape index (κ3) is 7.14. The van der Waals surface area contributed by atoms with Crippen LogP contribution in [0.3, 0.4) is 0 Å². The Kier molecular flexibility index (Phi) is 9.02. The first-order valence-electron chi connectivity index (χ1n) is 10.6. The largest absolute Gasteiger partial charge is 0.462 e. The number of esters is 1. The predicted octanol–water partition coefficient (Wildman–Crippen LogP) is 0.519. The number of amides is 1. The van der Waals surface area contributed by atoms with Crippen LogP contribution in [0.15, 0.2) is 53.0 Å². The lowest BCUT2D eigenvalue weighted by atomic mass is 9.97. The number of hydrogen-bond acceptors (Lipinski definition) is 4. The molecule has 1 amide bonds. The third-order valence-corrected chi connectivity index (χ3v) is 5.71. The predicted molar refractivity (Wildman–Crippen MR) is 121 cm³/mol. The zero-order valence-electron chi connectivity index (χ0n) is 17.7. The molecular weight excluding hydrogens is 462 g/mol. The molecule has 31 heavy (non-hydrogen) atoms. The summed E-state index contributed by atoms with van der Waals surface area (Å²) in [6.45, 7) is 5.78. The second-order valence-electron chi connectivity index (χ2n) is 7.45. The van der Waals surface area contributed by atoms with Crippen LogP contribution in [0.5, 0.6) is 0 Å². The molecule has 0 aliphatic carbocycles. The molecule has 7 nitrogen and oxygen atoms in total. The SMILES string of the molecule is CCOC(=O)C[NH2+][C@@H](c1ccccc1)c1cc(Br)ccc1NC(=O)C[NH+]1CCOCC1. The topological polar surface area (TPSA) is 85.7 Å². The van der Waals surface area contributed by atoms with Crippen LogP contribution in [0.1, 0.15) is 24.1 Å². The number of anilines is 1. The van der Waals surface area contributed by atoms with Crippen molar-refractivity contribution in [1.29, 1.82) is 0 Å². The Hall–Kier alpha value is -2.26. The average molecular weight is 492 g/mol. The van der Waals surface area contributed by atoms with Crippen molar-refractivity contribution in [3.05, 3.63) is 64.1 Å². The van der Waals surface area contributed by atoms with E-state index >= 15 is 0 Å². The number of carbonyl (C=O) groups is 2. The van der Waals surface area contributed by atoms with E-state index in [-0.39, 0.29) is 24.5 Å². The quantitative estimate of drug-likeness (QED) is 0.446. The van der Waals surface area contributed by atoms with Crippen molar-refractivity contribution < 1.29 is 29.3 Å². The van der Waals surface area contributed by atoms with Gasteiger partial charge in [-0.1, -0.05) is 46.3 Å². The molecule has 2 aromatic rings. The van der Waals surface area contributed by atoms with Crippen LogP contribution in [0, 0.1) is 0 Å². The number of halogens is 1. The highest BCUT2D eigenvalue weighted by Gasteiger charge is 2.25. The fourth-order valence-corrected chi connectivity index (χ4v) is 4.08. The molecule has 4 N–H and O–H groups in total. The summed E-state index contributed by atoms with van der Waals surface area (Å²) in [5.74, 6) is -0.294. The molecule has 1 heterocycles. The average Bonchev–Trinajstić information content (AvgIpc) is 2.77. The van der Waals surface area contributed by atoms with Gasteiger partial charge in [-0.3, -0.25) is 4.79 Å². The minimum absolute atomic E-state index is 0.0299. The summed E-state index contributed by atoms with van der Waals surface area (Å²) in [6, 6.07) is 15.6. The lowest BCUT2D eigenvalue weighted by Crippen LogP contribution is -3.15. The highest BCUT2D eigenvalue weighted by atomic mass is 79.9. The second kappa shape index (κ2) is 12.0. The summed E-state index contributed by atoms with van der Waals surface area (Å²) in [5, 5.41) is 5.03. The van der Waals surface area contributed by atoms with Gasteiger partial charge in [0.05, 0.1) is 25.5 Å². The van der Waals surface area contributed by atoms with Gasteiger partial charge in [-0.05, 0) is 25.1 Å². The van der Waals surface area contributed by atoms with Gasteiger partial charge in [-0.2, -0.15) is 0 Å². The Labute approximate surface area is 191 Å². The number of hydrogen-bond donors (Lipinski definition) is 3. The van der Waals surface area contributed by atoms with Crippen molar-refractivity contribution in [2.45, 2.75) is 13.0 Å². The highest BCUT2D eigenvalue weighted by Crippen LogP contribution is 2.29. The van der Waals surface area contributed by atoms with E-state index in [2.05, 4.69) is 21.2 Å². The number of nitrogens with two attached hydrogens (primary N) is 1. The van der Waals surface area contributed by atoms with E-state index in [4.69, 9.17) is 9.47 Å². The van der Waals surface area contributed by atoms with Gasteiger partial charge in [-0.15, -0.1) is 0 Å². The van der Waals surface area contributed by atoms with E-state index < -0.39 is 0 Å². The van der Waals surface area contributed by atoms with Gasteiger partial charge in [-0.25, -0.2) is 4.79 Å². The summed E-state index contributed by atoms with van der Waals surface area (Å²) in [7, 11) is 0. The molecule has 166 valence electrons. The van der Waals surface area contributed by atoms with Crippen LogP contribution in [0.2, 0.25) is 0 Å². The minimum atomic E-state index is -0.264. The fraction of sp³-hybridized carbons (Fsp3) is 0.391. The molecular formula is C23H30BrN3O4+2. The van der Waals surface area contributed by atoms with Crippen molar-refractivity contribution in [2.75, 3.05) is 51.3 Å². The summed E-state index contributed by atoms with van der Waals surface area (Å²) in [5.41, 5.74) is 2.71. The Morgan fingerprint density at radius 2 is 1.94 bits per heavy atom. The van der Waals surface area contributed by atoms with Crippen molar-refractivity contribution in [3.8, 4) is 0 Å². The fourth-order valence-electron chi connectivity index (χ4n) is 3.70. The molecule has 2 aromatic carbocycles. The summed E-state index contributed by atoms with van der Waals surface area (Å²) in [6.07, 6.45) is 0. The first kappa shape index (κ1) is 23.4. The molecule has 1 aliphatic rings. The van der Waals surface area contributed by atoms with Crippen LogP contribution in [0.4, 0.5) is 5.69 Å². The molecule has 0 bridgehead atoms. The second-order valence-corrected chi connectivity index (χ2v) is 8.37. The van der Waals surface area contributed by atoms with Gasteiger partial charge < -0.3 is 25.0 Å². The van der Waals surface area contributed by atoms with Crippen LogP contribution in [0.25, 0.3) is 0 Å². The molecule has 1 saturated heterocycles. The summed E-state index contributed by atoms with van der Waals surface area (Å²) >= 11 is 3.55. The van der Waals surface area contributed by atoms with Crippen LogP contribution in [-0.4, -0.2) is 57.9 Å². The van der Waals surface area contributed by atoms with Crippen molar-refractivity contribution in [1.82, 2.24) is 0 Å². The smallest absolute Gasteiger partial charge is 0.361 e. The molecule has 3 rings (SSSR count). The van der Waals surface area contributed by atoms with Crippen molar-refractivity contribution in [3.63, 3.8) is 0 Å². The van der Waals surface area contributed by atoms with Crippen molar-refractivity contribution in [2.24, 2.45) is 0 Å². The number of carbonyl (C=O) groups excluding carboxylic acids is 2. The van der Waals surface area contributed by atoms with Crippen LogP contribution >= 0.6 is 15.9 Å². The van der Waals surface area contributed by atoms with Gasteiger partial charge in [0.2, 0.25) is 0 Å². The number of benzene rings is 2. The van der Waals surface area contributed by atoms with Crippen molar-refractivity contribution >= 4 is 33.5 Å². The molecule has 0 aromatic heterocycles. The zero-order valence-corrected chi connectivity index (χ0v) is 19.3. The van der Waals surface area contributed by atoms with E-state index in [1.165, 1.54) is 4.90 Å². The number of quaternary nitrogens is 2. The molecule has 1 fully saturated rings. The van der Waals surface area contributed by atoms with Gasteiger partial charge in [0.25, 0.3) is 5.91 Å². The normalized spacial score (nSPS) is 15.3. The number of ether oxygens (including phenoxy) is 2. The van der Waals surface area contributed by atoms with E-state index in [1.54, 1.807) is 6.92 Å². The van der Waals surface area contributed by atoms with Crippen LogP contribution < -0.4 is 15.5 Å². The van der Waals surface area contributed by atoms with Gasteiger partial charge in [0, 0.05) is 15.6 Å². The molecule has 0 unspecified atom stereocenters. The Balaban J connectivity index is 1.82. The van der Waals surface area contributed by atoms with E-state index in [9.17, 15) is 9.59 Å².